The molecule has 0 aliphatic heterocycles. The molecule has 0 aliphatic rings. The first-order chi connectivity index (χ1) is 12.8. The zero-order chi connectivity index (χ0) is 17.8. The van der Waals surface area contributed by atoms with E-state index < -0.39 is 0 Å². The number of fused-ring (bicyclic) bond motifs is 2. The summed E-state index contributed by atoms with van der Waals surface area (Å²) in [4.78, 5) is 0. The quantitative estimate of drug-likeness (QED) is 0.319. The standard InChI is InChI=1S/C26H25/c1-2-3-4-13-26(24-16-14-20-9-5-7-11-22(20)18-24)25-17-15-21-10-6-8-12-23(21)19-25/h5-12,14-19H,2-4,13H2,1H3. The maximum atomic E-state index is 2.35. The van der Waals surface area contributed by atoms with E-state index in [4.69, 9.17) is 0 Å². The molecule has 0 atom stereocenters. The van der Waals surface area contributed by atoms with E-state index in [1.807, 2.05) is 0 Å². The summed E-state index contributed by atoms with van der Waals surface area (Å²) < 4.78 is 0. The lowest BCUT2D eigenvalue weighted by atomic mass is 9.85. The predicted octanol–water partition coefficient (Wildman–Crippen LogP) is 7.54. The summed E-state index contributed by atoms with van der Waals surface area (Å²) in [5.74, 6) is 1.47. The normalized spacial score (nSPS) is 11.5. The summed E-state index contributed by atoms with van der Waals surface area (Å²) in [5, 5.41) is 5.25. The van der Waals surface area contributed by atoms with Crippen LogP contribution in [0, 0.1) is 5.92 Å². The van der Waals surface area contributed by atoms with Crippen molar-refractivity contribution in [3.63, 3.8) is 0 Å². The Labute approximate surface area is 156 Å². The van der Waals surface area contributed by atoms with Crippen LogP contribution in [0.3, 0.4) is 0 Å². The Kier molecular flexibility index (Phi) is 5.02. The molecule has 0 saturated carbocycles. The molecule has 4 aromatic rings. The Morgan fingerprint density at radius 1 is 0.577 bits per heavy atom. The third kappa shape index (κ3) is 3.51. The van der Waals surface area contributed by atoms with E-state index in [1.165, 1.54) is 57.9 Å². The summed E-state index contributed by atoms with van der Waals surface area (Å²) in [6, 6.07) is 31.1. The van der Waals surface area contributed by atoms with Crippen LogP contribution in [-0.4, -0.2) is 0 Å². The molecule has 26 heavy (non-hydrogen) atoms. The van der Waals surface area contributed by atoms with E-state index in [0.29, 0.717) is 0 Å². The third-order valence-electron chi connectivity index (χ3n) is 5.23. The molecule has 0 spiro atoms. The van der Waals surface area contributed by atoms with Crippen molar-refractivity contribution >= 4 is 21.5 Å². The fourth-order valence-corrected chi connectivity index (χ4v) is 3.76. The van der Waals surface area contributed by atoms with Gasteiger partial charge in [0, 0.05) is 5.92 Å². The highest BCUT2D eigenvalue weighted by Gasteiger charge is 2.16. The van der Waals surface area contributed by atoms with Crippen molar-refractivity contribution in [2.24, 2.45) is 0 Å². The van der Waals surface area contributed by atoms with Gasteiger partial charge in [0.1, 0.15) is 0 Å². The smallest absolute Gasteiger partial charge is 0.0340 e. The lowest BCUT2D eigenvalue weighted by Crippen LogP contribution is -2.03. The van der Waals surface area contributed by atoms with E-state index in [1.54, 1.807) is 0 Å². The van der Waals surface area contributed by atoms with Crippen LogP contribution in [-0.2, 0) is 0 Å². The molecule has 0 nitrogen and oxygen atoms in total. The molecule has 0 saturated heterocycles. The molecule has 129 valence electrons. The number of rotatable bonds is 6. The van der Waals surface area contributed by atoms with E-state index >= 15 is 0 Å². The summed E-state index contributed by atoms with van der Waals surface area (Å²) in [6.45, 7) is 2.27. The van der Waals surface area contributed by atoms with E-state index in [-0.39, 0.29) is 0 Å². The van der Waals surface area contributed by atoms with Crippen LogP contribution < -0.4 is 0 Å². The largest absolute Gasteiger partial charge is 0.0654 e. The molecule has 0 aromatic heterocycles. The van der Waals surface area contributed by atoms with Gasteiger partial charge in [-0.2, -0.15) is 0 Å². The van der Waals surface area contributed by atoms with Crippen LogP contribution in [0.25, 0.3) is 21.5 Å². The Hall–Kier alpha value is -2.60. The average Bonchev–Trinajstić information content (AvgIpc) is 2.70. The summed E-state index contributed by atoms with van der Waals surface area (Å²) in [7, 11) is 0. The Morgan fingerprint density at radius 2 is 1.08 bits per heavy atom. The molecule has 0 bridgehead atoms. The van der Waals surface area contributed by atoms with Crippen molar-refractivity contribution in [2.75, 3.05) is 0 Å². The first-order valence-corrected chi connectivity index (χ1v) is 9.69. The molecule has 4 rings (SSSR count). The monoisotopic (exact) mass is 337 g/mol. The summed E-state index contributed by atoms with van der Waals surface area (Å²) in [5.41, 5.74) is 2.71. The molecule has 0 N–H and O–H groups in total. The molecule has 4 aromatic carbocycles. The lowest BCUT2D eigenvalue weighted by molar-refractivity contribution is 0.693. The number of benzene rings is 4. The Morgan fingerprint density at radius 3 is 1.58 bits per heavy atom. The molecule has 1 radical (unpaired) electrons. The maximum absolute atomic E-state index is 2.35. The molecule has 0 fully saturated rings. The molecule has 0 heteroatoms. The van der Waals surface area contributed by atoms with Crippen molar-refractivity contribution in [2.45, 2.75) is 32.6 Å². The summed E-state index contributed by atoms with van der Waals surface area (Å²) in [6.07, 6.45) is 4.91. The highest BCUT2D eigenvalue weighted by Crippen LogP contribution is 2.32. The van der Waals surface area contributed by atoms with Crippen molar-refractivity contribution in [3.8, 4) is 0 Å². The second-order valence-corrected chi connectivity index (χ2v) is 7.06. The Balaban J connectivity index is 1.76. The number of unbranched alkanes of at least 4 members (excludes halogenated alkanes) is 2. The zero-order valence-electron chi connectivity index (χ0n) is 15.4. The van der Waals surface area contributed by atoms with Crippen LogP contribution in [0.5, 0.6) is 0 Å². The molecular weight excluding hydrogens is 312 g/mol. The van der Waals surface area contributed by atoms with Gasteiger partial charge in [0.2, 0.25) is 0 Å². The highest BCUT2D eigenvalue weighted by molar-refractivity contribution is 5.85. The van der Waals surface area contributed by atoms with E-state index in [9.17, 15) is 0 Å². The molecule has 0 aliphatic carbocycles. The van der Waals surface area contributed by atoms with Gasteiger partial charge in [-0.05, 0) is 39.1 Å². The fourth-order valence-electron chi connectivity index (χ4n) is 3.76. The lowest BCUT2D eigenvalue weighted by Gasteiger charge is -2.19. The Bertz CT molecular complexity index is 933. The first kappa shape index (κ1) is 16.8. The fraction of sp³-hybridized carbons (Fsp3) is 0.192. The van der Waals surface area contributed by atoms with Crippen molar-refractivity contribution in [1.29, 1.82) is 0 Å². The van der Waals surface area contributed by atoms with E-state index in [2.05, 4.69) is 91.9 Å². The van der Waals surface area contributed by atoms with Crippen LogP contribution in [0.15, 0.2) is 84.9 Å². The zero-order valence-corrected chi connectivity index (χ0v) is 15.4. The molecule has 0 unspecified atom stereocenters. The molecule has 0 amide bonds. The minimum absolute atomic E-state index is 1.13. The maximum Gasteiger partial charge on any atom is 0.0340 e. The van der Waals surface area contributed by atoms with Gasteiger partial charge in [0.15, 0.2) is 0 Å². The minimum atomic E-state index is 1.13. The van der Waals surface area contributed by atoms with Crippen LogP contribution in [0.4, 0.5) is 0 Å². The third-order valence-corrected chi connectivity index (χ3v) is 5.23. The van der Waals surface area contributed by atoms with Crippen LogP contribution in [0.1, 0.15) is 43.7 Å². The van der Waals surface area contributed by atoms with Crippen LogP contribution >= 0.6 is 0 Å². The predicted molar refractivity (Wildman–Crippen MR) is 113 cm³/mol. The van der Waals surface area contributed by atoms with Gasteiger partial charge < -0.3 is 0 Å². The van der Waals surface area contributed by atoms with Gasteiger partial charge in [-0.3, -0.25) is 0 Å². The molecule has 0 heterocycles. The van der Waals surface area contributed by atoms with Crippen molar-refractivity contribution in [1.82, 2.24) is 0 Å². The van der Waals surface area contributed by atoms with Gasteiger partial charge in [-0.1, -0.05) is 111 Å². The summed E-state index contributed by atoms with van der Waals surface area (Å²) >= 11 is 0. The van der Waals surface area contributed by atoms with Gasteiger partial charge in [0.05, 0.1) is 0 Å². The minimum Gasteiger partial charge on any atom is -0.0654 e. The number of hydrogen-bond donors (Lipinski definition) is 0. The second kappa shape index (κ2) is 7.74. The highest BCUT2D eigenvalue weighted by atomic mass is 14.2. The SMILES string of the molecule is CCCCC[C](c1ccc2ccccc2c1)c1ccc2ccccc2c1. The average molecular weight is 337 g/mol. The van der Waals surface area contributed by atoms with E-state index in [0.717, 1.165) is 6.42 Å². The van der Waals surface area contributed by atoms with Gasteiger partial charge in [-0.25, -0.2) is 0 Å². The van der Waals surface area contributed by atoms with Crippen molar-refractivity contribution in [3.05, 3.63) is 102 Å². The number of hydrogen-bond acceptors (Lipinski definition) is 0. The van der Waals surface area contributed by atoms with Crippen LogP contribution in [0.2, 0.25) is 0 Å². The topological polar surface area (TPSA) is 0 Å². The van der Waals surface area contributed by atoms with Gasteiger partial charge in [-0.15, -0.1) is 0 Å². The van der Waals surface area contributed by atoms with Crippen molar-refractivity contribution < 1.29 is 0 Å². The van der Waals surface area contributed by atoms with Gasteiger partial charge >= 0.3 is 0 Å². The first-order valence-electron chi connectivity index (χ1n) is 9.69. The second-order valence-electron chi connectivity index (χ2n) is 7.06. The molecular formula is C26H25. The van der Waals surface area contributed by atoms with Gasteiger partial charge in [0.25, 0.3) is 0 Å².